The molecule has 2 amide bonds. The highest BCUT2D eigenvalue weighted by Crippen LogP contribution is 2.25. The van der Waals surface area contributed by atoms with Crippen LogP contribution in [0.1, 0.15) is 37.0 Å². The number of carbonyl (C=O) groups is 3. The van der Waals surface area contributed by atoms with Crippen LogP contribution in [-0.2, 0) is 9.59 Å². The predicted octanol–water partition coefficient (Wildman–Crippen LogP) is 1.61. The molecule has 0 radical (unpaired) electrons. The maximum Gasteiger partial charge on any atom is 0.303 e. The first-order valence-corrected chi connectivity index (χ1v) is 6.11. The van der Waals surface area contributed by atoms with Gasteiger partial charge >= 0.3 is 5.97 Å². The summed E-state index contributed by atoms with van der Waals surface area (Å²) in [7, 11) is 0. The average Bonchev–Trinajstić information content (AvgIpc) is 2.26. The summed E-state index contributed by atoms with van der Waals surface area (Å²) < 4.78 is 0. The number of benzene rings is 1. The third-order valence-electron chi connectivity index (χ3n) is 2.72. The Hall–Kier alpha value is -2.37. The van der Waals surface area contributed by atoms with Gasteiger partial charge in [0.25, 0.3) is 0 Å². The number of nitrogens with two attached hydrogens (primary N) is 1. The van der Waals surface area contributed by atoms with E-state index in [4.69, 9.17) is 10.8 Å². The summed E-state index contributed by atoms with van der Waals surface area (Å²) in [5.41, 5.74) is 5.38. The lowest BCUT2D eigenvalue weighted by atomic mass is 9.85. The number of hydrogen-bond donors (Lipinski definition) is 3. The van der Waals surface area contributed by atoms with Gasteiger partial charge in [-0.3, -0.25) is 14.4 Å². The molecule has 0 aliphatic carbocycles. The second-order valence-corrected chi connectivity index (χ2v) is 5.40. The minimum Gasteiger partial charge on any atom is -0.481 e. The monoisotopic (exact) mass is 278 g/mol. The molecule has 0 aliphatic rings. The van der Waals surface area contributed by atoms with Crippen LogP contribution in [0, 0.1) is 5.41 Å². The Kier molecular flexibility index (Phi) is 4.85. The molecule has 1 aromatic carbocycles. The number of aliphatic carboxylic acids is 1. The largest absolute Gasteiger partial charge is 0.481 e. The van der Waals surface area contributed by atoms with E-state index >= 15 is 0 Å². The van der Waals surface area contributed by atoms with Gasteiger partial charge in [-0.25, -0.2) is 0 Å². The third-order valence-corrected chi connectivity index (χ3v) is 2.72. The fraction of sp³-hybridized carbons (Fsp3) is 0.357. The lowest BCUT2D eigenvalue weighted by Crippen LogP contribution is -2.24. The molecule has 0 spiro atoms. The third kappa shape index (κ3) is 5.09. The summed E-state index contributed by atoms with van der Waals surface area (Å²) in [6, 6.07) is 6.17. The van der Waals surface area contributed by atoms with E-state index < -0.39 is 17.3 Å². The Bertz CT molecular complexity index is 520. The molecule has 0 fully saturated rings. The molecule has 0 saturated heterocycles. The van der Waals surface area contributed by atoms with Crippen molar-refractivity contribution in [3.05, 3.63) is 29.8 Å². The van der Waals surface area contributed by atoms with Gasteiger partial charge in [-0.1, -0.05) is 13.8 Å². The molecule has 1 rings (SSSR count). The molecule has 0 bridgehead atoms. The summed E-state index contributed by atoms with van der Waals surface area (Å²) in [5, 5.41) is 11.4. The highest BCUT2D eigenvalue weighted by molar-refractivity contribution is 5.95. The normalized spacial score (nSPS) is 10.9. The molecule has 6 nitrogen and oxygen atoms in total. The minimum absolute atomic E-state index is 0.0823. The second-order valence-electron chi connectivity index (χ2n) is 5.40. The van der Waals surface area contributed by atoms with E-state index in [0.717, 1.165) is 0 Å². The van der Waals surface area contributed by atoms with Gasteiger partial charge in [-0.15, -0.1) is 0 Å². The number of amides is 2. The lowest BCUT2D eigenvalue weighted by molar-refractivity contribution is -0.139. The highest BCUT2D eigenvalue weighted by Gasteiger charge is 2.25. The van der Waals surface area contributed by atoms with Crippen molar-refractivity contribution in [2.75, 3.05) is 5.32 Å². The summed E-state index contributed by atoms with van der Waals surface area (Å²) in [6.45, 7) is 3.44. The Morgan fingerprint density at radius 3 is 2.15 bits per heavy atom. The van der Waals surface area contributed by atoms with Gasteiger partial charge in [0.2, 0.25) is 11.8 Å². The number of anilines is 1. The van der Waals surface area contributed by atoms with E-state index in [-0.39, 0.29) is 18.7 Å². The fourth-order valence-electron chi connectivity index (χ4n) is 1.83. The van der Waals surface area contributed by atoms with Crippen LogP contribution in [0.3, 0.4) is 0 Å². The van der Waals surface area contributed by atoms with Crippen LogP contribution in [0.2, 0.25) is 0 Å². The van der Waals surface area contributed by atoms with Gasteiger partial charge in [0, 0.05) is 17.7 Å². The zero-order chi connectivity index (χ0) is 15.3. The van der Waals surface area contributed by atoms with Gasteiger partial charge in [0.1, 0.15) is 0 Å². The second kappa shape index (κ2) is 6.18. The number of hydrogen-bond acceptors (Lipinski definition) is 3. The van der Waals surface area contributed by atoms with Gasteiger partial charge in [0.15, 0.2) is 0 Å². The number of carbonyl (C=O) groups excluding carboxylic acids is 2. The molecule has 0 atom stereocenters. The minimum atomic E-state index is -0.936. The average molecular weight is 278 g/mol. The first-order chi connectivity index (χ1) is 9.19. The van der Waals surface area contributed by atoms with Crippen molar-refractivity contribution >= 4 is 23.5 Å². The van der Waals surface area contributed by atoms with Crippen molar-refractivity contribution in [1.82, 2.24) is 0 Å². The Morgan fingerprint density at radius 1 is 1.15 bits per heavy atom. The van der Waals surface area contributed by atoms with Crippen LogP contribution in [0.25, 0.3) is 0 Å². The summed E-state index contributed by atoms with van der Waals surface area (Å²) in [5.74, 6) is -1.75. The first kappa shape index (κ1) is 15.7. The number of rotatable bonds is 6. The molecular weight excluding hydrogens is 260 g/mol. The molecule has 0 aliphatic heterocycles. The Morgan fingerprint density at radius 2 is 1.70 bits per heavy atom. The first-order valence-electron chi connectivity index (χ1n) is 6.11. The molecule has 0 heterocycles. The van der Waals surface area contributed by atoms with Crippen LogP contribution in [-0.4, -0.2) is 22.9 Å². The molecule has 6 heteroatoms. The van der Waals surface area contributed by atoms with Crippen LogP contribution in [0.4, 0.5) is 5.69 Å². The smallest absolute Gasteiger partial charge is 0.303 e. The summed E-state index contributed by atoms with van der Waals surface area (Å²) in [4.78, 5) is 33.4. The summed E-state index contributed by atoms with van der Waals surface area (Å²) in [6.07, 6.45) is 0.0118. The van der Waals surface area contributed by atoms with E-state index in [1.807, 2.05) is 0 Å². The van der Waals surface area contributed by atoms with Gasteiger partial charge in [0.05, 0.1) is 6.42 Å². The molecule has 1 aromatic rings. The SMILES string of the molecule is CC(C)(CC(=O)O)CC(=O)Nc1ccc(C(N)=O)cc1. The van der Waals surface area contributed by atoms with Crippen LogP contribution >= 0.6 is 0 Å². The molecule has 0 unspecified atom stereocenters. The van der Waals surface area contributed by atoms with E-state index in [1.165, 1.54) is 12.1 Å². The molecule has 108 valence electrons. The fourth-order valence-corrected chi connectivity index (χ4v) is 1.83. The van der Waals surface area contributed by atoms with Crippen molar-refractivity contribution in [2.45, 2.75) is 26.7 Å². The number of primary amides is 1. The van der Waals surface area contributed by atoms with E-state index in [9.17, 15) is 14.4 Å². The van der Waals surface area contributed by atoms with E-state index in [2.05, 4.69) is 5.32 Å². The molecule has 20 heavy (non-hydrogen) atoms. The lowest BCUT2D eigenvalue weighted by Gasteiger charge is -2.21. The van der Waals surface area contributed by atoms with Gasteiger partial charge in [-0.2, -0.15) is 0 Å². The summed E-state index contributed by atoms with van der Waals surface area (Å²) >= 11 is 0. The highest BCUT2D eigenvalue weighted by atomic mass is 16.4. The van der Waals surface area contributed by atoms with Crippen LogP contribution in [0.5, 0.6) is 0 Å². The quantitative estimate of drug-likeness (QED) is 0.734. The number of nitrogens with one attached hydrogen (secondary N) is 1. The topological polar surface area (TPSA) is 109 Å². The molecule has 0 saturated carbocycles. The number of carboxylic acids is 1. The molecule has 0 aromatic heterocycles. The van der Waals surface area contributed by atoms with Crippen molar-refractivity contribution in [1.29, 1.82) is 0 Å². The van der Waals surface area contributed by atoms with E-state index in [1.54, 1.807) is 26.0 Å². The van der Waals surface area contributed by atoms with E-state index in [0.29, 0.717) is 11.3 Å². The van der Waals surface area contributed by atoms with Gasteiger partial charge in [-0.05, 0) is 29.7 Å². The van der Waals surface area contributed by atoms with Crippen molar-refractivity contribution < 1.29 is 19.5 Å². The van der Waals surface area contributed by atoms with Crippen molar-refractivity contribution in [2.24, 2.45) is 11.1 Å². The Labute approximate surface area is 117 Å². The van der Waals surface area contributed by atoms with Crippen LogP contribution in [0.15, 0.2) is 24.3 Å². The Balaban J connectivity index is 2.62. The zero-order valence-electron chi connectivity index (χ0n) is 11.5. The van der Waals surface area contributed by atoms with Crippen molar-refractivity contribution in [3.8, 4) is 0 Å². The van der Waals surface area contributed by atoms with Gasteiger partial charge < -0.3 is 16.2 Å². The van der Waals surface area contributed by atoms with Crippen LogP contribution < -0.4 is 11.1 Å². The zero-order valence-corrected chi connectivity index (χ0v) is 11.5. The number of carboxylic acid groups (broad SMARTS) is 1. The predicted molar refractivity (Wildman–Crippen MR) is 74.2 cm³/mol. The standard InChI is InChI=1S/C14H18N2O4/c1-14(2,8-12(18)19)7-11(17)16-10-5-3-9(4-6-10)13(15)20/h3-6H,7-8H2,1-2H3,(H2,15,20)(H,16,17)(H,18,19). The molecule has 4 N–H and O–H groups in total. The van der Waals surface area contributed by atoms with Crippen molar-refractivity contribution in [3.63, 3.8) is 0 Å². The maximum absolute atomic E-state index is 11.8. The maximum atomic E-state index is 11.8. The molecular formula is C14H18N2O4.